The minimum Gasteiger partial charge on any atom is -0.397 e. The smallest absolute Gasteiger partial charge is 0.270 e. The number of carbonyl (C=O) groups is 1. The topological polar surface area (TPSA) is 110 Å². The van der Waals surface area contributed by atoms with Gasteiger partial charge in [-0.1, -0.05) is 41.9 Å². The fraction of sp³-hybridized carbons (Fsp3) is 0.297. The number of benzene rings is 4. The molecule has 2 saturated heterocycles. The Labute approximate surface area is 298 Å². The van der Waals surface area contributed by atoms with Crippen LogP contribution in [-0.4, -0.2) is 68.8 Å². The van der Waals surface area contributed by atoms with Gasteiger partial charge in [0.1, 0.15) is 0 Å². The van der Waals surface area contributed by atoms with Crippen molar-refractivity contribution in [3.8, 4) is 17.1 Å². The first-order valence-electron chi connectivity index (χ1n) is 16.6. The van der Waals surface area contributed by atoms with Crippen molar-refractivity contribution in [3.63, 3.8) is 0 Å². The summed E-state index contributed by atoms with van der Waals surface area (Å²) >= 11 is 7.45. The van der Waals surface area contributed by atoms with Crippen LogP contribution < -0.4 is 20.8 Å². The summed E-state index contributed by atoms with van der Waals surface area (Å²) in [6.07, 6.45) is 1.90. The number of piperazine rings is 1. The van der Waals surface area contributed by atoms with Crippen LogP contribution in [0.5, 0.6) is 0 Å². The second-order valence-electron chi connectivity index (χ2n) is 12.6. The van der Waals surface area contributed by atoms with E-state index in [4.69, 9.17) is 22.2 Å². The highest BCUT2D eigenvalue weighted by Crippen LogP contribution is 2.30. The van der Waals surface area contributed by atoms with Crippen LogP contribution in [0.1, 0.15) is 21.5 Å². The molecule has 0 spiro atoms. The van der Waals surface area contributed by atoms with Gasteiger partial charge in [-0.05, 0) is 115 Å². The van der Waals surface area contributed by atoms with E-state index in [1.165, 1.54) is 41.3 Å². The van der Waals surface area contributed by atoms with E-state index in [2.05, 4.69) is 61.2 Å². The lowest BCUT2D eigenvalue weighted by atomic mass is 9.45. The second-order valence-corrected chi connectivity index (χ2v) is 13.9. The van der Waals surface area contributed by atoms with E-state index in [-0.39, 0.29) is 12.6 Å². The maximum Gasteiger partial charge on any atom is 0.270 e. The van der Waals surface area contributed by atoms with Crippen molar-refractivity contribution in [1.29, 1.82) is 5.26 Å². The van der Waals surface area contributed by atoms with Crippen LogP contribution in [0.15, 0.2) is 89.8 Å². The van der Waals surface area contributed by atoms with Crippen LogP contribution in [0.25, 0.3) is 11.1 Å². The molecular formula is C37H41BClN7O2S. The van der Waals surface area contributed by atoms with Gasteiger partial charge in [-0.2, -0.15) is 0 Å². The molecule has 0 bridgehead atoms. The fourth-order valence-electron chi connectivity index (χ4n) is 6.46. The molecule has 2 fully saturated rings. The van der Waals surface area contributed by atoms with E-state index in [0.717, 1.165) is 80.6 Å². The lowest BCUT2D eigenvalue weighted by Gasteiger charge is -2.36. The molecule has 252 valence electrons. The molecule has 4 aromatic carbocycles. The van der Waals surface area contributed by atoms with Crippen molar-refractivity contribution in [1.82, 2.24) is 14.5 Å². The molecule has 4 aromatic rings. The quantitative estimate of drug-likeness (QED) is 0.0685. The maximum atomic E-state index is 12.9. The summed E-state index contributed by atoms with van der Waals surface area (Å²) in [6.45, 7) is 7.57. The van der Waals surface area contributed by atoms with Gasteiger partial charge in [0, 0.05) is 66.4 Å². The van der Waals surface area contributed by atoms with Crippen molar-refractivity contribution < 1.29 is 9.63 Å². The standard InChI is InChI=1S/C37H41BClN7O2S/c1-48-42-36-23-33(11-13-35(36)41)49-43-37(47)29-5-9-32(10-6-29)46-20-18-45(19-21-46)25-30-22-27(24-44-16-14-38(26-40)15-17-44)2-12-34(30)28-3-7-31(39)8-4-28/h2-13,22-23,42H,14-21,24-25,41H2,1H3,(H,43,47). The van der Waals surface area contributed by atoms with E-state index in [9.17, 15) is 10.1 Å². The van der Waals surface area contributed by atoms with Gasteiger partial charge in [0.2, 0.25) is 0 Å². The number of hydrogen-bond acceptors (Lipinski definition) is 9. The number of nitrogens with one attached hydrogen (secondary N) is 2. The summed E-state index contributed by atoms with van der Waals surface area (Å²) in [5.74, 6) is 2.28. The van der Waals surface area contributed by atoms with Crippen LogP contribution >= 0.6 is 23.5 Å². The van der Waals surface area contributed by atoms with Crippen LogP contribution in [-0.2, 0) is 17.9 Å². The third-order valence-electron chi connectivity index (χ3n) is 9.26. The number of hydrogen-bond donors (Lipinski definition) is 3. The molecular weight excluding hydrogens is 653 g/mol. The predicted octanol–water partition coefficient (Wildman–Crippen LogP) is 6.69. The Morgan fingerprint density at radius 2 is 1.63 bits per heavy atom. The van der Waals surface area contributed by atoms with Gasteiger partial charge in [-0.15, -0.1) is 0 Å². The highest BCUT2D eigenvalue weighted by atomic mass is 35.5. The van der Waals surface area contributed by atoms with Gasteiger partial charge in [0.15, 0.2) is 0 Å². The second kappa shape index (κ2) is 16.5. The predicted molar refractivity (Wildman–Crippen MR) is 202 cm³/mol. The molecule has 12 heteroatoms. The largest absolute Gasteiger partial charge is 0.397 e. The monoisotopic (exact) mass is 693 g/mol. The molecule has 0 atom stereocenters. The van der Waals surface area contributed by atoms with Crippen LogP contribution in [0.4, 0.5) is 17.1 Å². The summed E-state index contributed by atoms with van der Waals surface area (Å²) in [6, 6.07) is 28.2. The summed E-state index contributed by atoms with van der Waals surface area (Å²) < 4.78 is 2.91. The summed E-state index contributed by atoms with van der Waals surface area (Å²) in [5.41, 5.74) is 16.7. The Bertz CT molecular complexity index is 1770. The molecule has 6 rings (SSSR count). The van der Waals surface area contributed by atoms with Gasteiger partial charge in [-0.3, -0.25) is 24.7 Å². The minimum atomic E-state index is -0.162. The third-order valence-corrected chi connectivity index (χ3v) is 10.3. The van der Waals surface area contributed by atoms with E-state index >= 15 is 0 Å². The highest BCUT2D eigenvalue weighted by molar-refractivity contribution is 7.98. The van der Waals surface area contributed by atoms with Gasteiger partial charge in [-0.25, -0.2) is 5.26 Å². The molecule has 1 amide bonds. The number of nitriles is 1. The van der Waals surface area contributed by atoms with Gasteiger partial charge < -0.3 is 15.5 Å². The van der Waals surface area contributed by atoms with Crippen molar-refractivity contribution in [2.75, 3.05) is 62.5 Å². The summed E-state index contributed by atoms with van der Waals surface area (Å²) in [4.78, 5) is 26.0. The number of nitrogen functional groups attached to an aromatic ring is 1. The normalized spacial score (nSPS) is 15.5. The number of anilines is 3. The zero-order chi connectivity index (χ0) is 34.2. The zero-order valence-electron chi connectivity index (χ0n) is 27.7. The first-order chi connectivity index (χ1) is 23.9. The Morgan fingerprint density at radius 3 is 2.33 bits per heavy atom. The van der Waals surface area contributed by atoms with E-state index in [1.54, 1.807) is 6.07 Å². The Hall–Kier alpha value is -4.18. The van der Waals surface area contributed by atoms with Crippen LogP contribution in [0.2, 0.25) is 17.7 Å². The first-order valence-corrected chi connectivity index (χ1v) is 17.8. The molecule has 0 aliphatic carbocycles. The summed E-state index contributed by atoms with van der Waals surface area (Å²) in [5, 5.41) is 10.0. The molecule has 0 saturated carbocycles. The van der Waals surface area contributed by atoms with Crippen molar-refractivity contribution in [2.45, 2.75) is 30.6 Å². The molecule has 0 aromatic heterocycles. The Balaban J connectivity index is 1.06. The maximum absolute atomic E-state index is 12.9. The first kappa shape index (κ1) is 34.7. The SMILES string of the molecule is CONc1cc(SNC(=O)c2ccc(N3CCN(Cc4cc(CN5CCB(C#N)CC5)ccc4-c4ccc(Cl)cc4)CC3)cc2)ccc1N. The number of nitrogens with zero attached hydrogens (tertiary/aromatic N) is 4. The Kier molecular flexibility index (Phi) is 11.7. The van der Waals surface area contributed by atoms with E-state index < -0.39 is 0 Å². The molecule has 2 aliphatic rings. The average molecular weight is 694 g/mol. The molecule has 0 unspecified atom stereocenters. The number of halogens is 1. The van der Waals surface area contributed by atoms with Gasteiger partial charge in [0.25, 0.3) is 12.6 Å². The van der Waals surface area contributed by atoms with E-state index in [0.29, 0.717) is 16.9 Å². The number of carbonyl (C=O) groups excluding carboxylic acids is 1. The van der Waals surface area contributed by atoms with Crippen molar-refractivity contribution in [2.24, 2.45) is 0 Å². The van der Waals surface area contributed by atoms with E-state index in [1.807, 2.05) is 48.5 Å². The third kappa shape index (κ3) is 9.09. The van der Waals surface area contributed by atoms with Crippen molar-refractivity contribution in [3.05, 3.63) is 107 Å². The molecule has 2 heterocycles. The van der Waals surface area contributed by atoms with Gasteiger partial charge >= 0.3 is 0 Å². The lowest BCUT2D eigenvalue weighted by Crippen LogP contribution is -2.46. The molecule has 9 nitrogen and oxygen atoms in total. The fourth-order valence-corrected chi connectivity index (χ4v) is 7.22. The van der Waals surface area contributed by atoms with Crippen molar-refractivity contribution >= 4 is 53.2 Å². The van der Waals surface area contributed by atoms with Crippen LogP contribution in [0.3, 0.4) is 0 Å². The van der Waals surface area contributed by atoms with Crippen LogP contribution in [0, 0.1) is 11.2 Å². The lowest BCUT2D eigenvalue weighted by molar-refractivity contribution is 0.0984. The number of amides is 1. The molecule has 2 aliphatic heterocycles. The Morgan fingerprint density at radius 1 is 0.918 bits per heavy atom. The summed E-state index contributed by atoms with van der Waals surface area (Å²) in [7, 11) is 1.52. The molecule has 4 N–H and O–H groups in total. The average Bonchev–Trinajstić information content (AvgIpc) is 3.13. The molecule has 0 radical (unpaired) electrons. The minimum absolute atomic E-state index is 0.162. The number of nitrogens with two attached hydrogens (primary N) is 1. The van der Waals surface area contributed by atoms with Gasteiger partial charge in [0.05, 0.1) is 18.5 Å². The highest BCUT2D eigenvalue weighted by Gasteiger charge is 2.23. The molecule has 49 heavy (non-hydrogen) atoms. The number of rotatable bonds is 11. The zero-order valence-corrected chi connectivity index (χ0v) is 29.3.